The van der Waals surface area contributed by atoms with Crippen molar-refractivity contribution in [2.24, 2.45) is 17.8 Å². The number of imide groups is 1. The Morgan fingerprint density at radius 2 is 1.95 bits per heavy atom. The maximum atomic E-state index is 13.8. The number of carbonyl (C=O) groups excluding carboxylic acids is 2. The highest BCUT2D eigenvalue weighted by atomic mass is 16.6. The number of carbonyl (C=O) groups is 2. The predicted octanol–water partition coefficient (Wildman–Crippen LogP) is 4.13. The molecule has 11 heteroatoms. The van der Waals surface area contributed by atoms with Crippen molar-refractivity contribution in [3.63, 3.8) is 0 Å². The highest BCUT2D eigenvalue weighted by Crippen LogP contribution is 2.51. The van der Waals surface area contributed by atoms with Gasteiger partial charge in [-0.05, 0) is 73.3 Å². The molecule has 0 aromatic heterocycles. The van der Waals surface area contributed by atoms with Crippen molar-refractivity contribution in [2.45, 2.75) is 38.6 Å². The summed E-state index contributed by atoms with van der Waals surface area (Å²) in [5.41, 5.74) is 3.81. The quantitative estimate of drug-likeness (QED) is 0.166. The number of anilines is 1. The number of fused-ring (bicyclic) bond motifs is 3. The zero-order valence-corrected chi connectivity index (χ0v) is 22.4. The number of aromatic hydroxyl groups is 1. The zero-order chi connectivity index (χ0) is 28.6. The molecule has 1 aliphatic carbocycles. The molecule has 2 fully saturated rings. The van der Waals surface area contributed by atoms with E-state index in [1.54, 1.807) is 19.2 Å². The number of allylic oxidation sites excluding steroid dienone is 1. The number of non-ortho nitro benzene ring substituents is 1. The fraction of sp³-hybridized carbons (Fsp3) is 0.379. The minimum Gasteiger partial charge on any atom is -0.508 e. The first kappa shape index (κ1) is 27.8. The van der Waals surface area contributed by atoms with Crippen molar-refractivity contribution in [1.29, 1.82) is 0 Å². The second kappa shape index (κ2) is 11.4. The fourth-order valence-electron chi connectivity index (χ4n) is 6.36. The molecule has 0 saturated carbocycles. The van der Waals surface area contributed by atoms with E-state index in [-0.39, 0.29) is 30.1 Å². The molecule has 2 aromatic rings. The van der Waals surface area contributed by atoms with Gasteiger partial charge >= 0.3 is 7.12 Å². The molecule has 2 saturated heterocycles. The molecule has 3 aliphatic rings. The van der Waals surface area contributed by atoms with E-state index in [1.807, 2.05) is 25.1 Å². The molecular formula is C29H31BN2O8. The largest absolute Gasteiger partial charge is 0.508 e. The van der Waals surface area contributed by atoms with E-state index in [0.29, 0.717) is 19.3 Å². The summed E-state index contributed by atoms with van der Waals surface area (Å²) in [5, 5.41) is 31.6. The highest BCUT2D eigenvalue weighted by molar-refractivity contribution is 6.43. The van der Waals surface area contributed by atoms with Gasteiger partial charge in [0, 0.05) is 19.2 Å². The monoisotopic (exact) mass is 546 g/mol. The Bertz CT molecular complexity index is 1390. The lowest BCUT2D eigenvalue weighted by atomic mass is 9.58. The van der Waals surface area contributed by atoms with Gasteiger partial charge < -0.3 is 19.5 Å². The van der Waals surface area contributed by atoms with Gasteiger partial charge in [-0.25, -0.2) is 4.90 Å². The van der Waals surface area contributed by atoms with Gasteiger partial charge in [0.05, 0.1) is 35.2 Å². The van der Waals surface area contributed by atoms with Crippen LogP contribution in [0.3, 0.4) is 0 Å². The lowest BCUT2D eigenvalue weighted by Crippen LogP contribution is -2.46. The van der Waals surface area contributed by atoms with Gasteiger partial charge in [0.2, 0.25) is 11.8 Å². The number of hydrogen-bond acceptors (Lipinski definition) is 8. The summed E-state index contributed by atoms with van der Waals surface area (Å²) in [7, 11) is 0.474. The Balaban J connectivity index is 1.43. The van der Waals surface area contributed by atoms with E-state index in [4.69, 9.17) is 9.39 Å². The Labute approximate surface area is 232 Å². The minimum absolute atomic E-state index is 0.171. The third-order valence-electron chi connectivity index (χ3n) is 8.03. The number of methoxy groups -OCH3 is 1. The predicted molar refractivity (Wildman–Crippen MR) is 148 cm³/mol. The first-order chi connectivity index (χ1) is 19.2. The zero-order valence-electron chi connectivity index (χ0n) is 22.4. The molecular weight excluding hydrogens is 515 g/mol. The van der Waals surface area contributed by atoms with Gasteiger partial charge in [-0.3, -0.25) is 19.7 Å². The summed E-state index contributed by atoms with van der Waals surface area (Å²) in [6.45, 7) is 2.27. The number of ether oxygens (including phenoxy) is 1. The van der Waals surface area contributed by atoms with Crippen LogP contribution in [0.2, 0.25) is 6.32 Å². The van der Waals surface area contributed by atoms with Crippen molar-refractivity contribution >= 4 is 36.4 Å². The number of nitro groups is 1. The minimum atomic E-state index is -1.10. The topological polar surface area (TPSA) is 139 Å². The normalized spacial score (nSPS) is 24.8. The van der Waals surface area contributed by atoms with Crippen LogP contribution in [0.4, 0.5) is 11.4 Å². The maximum Gasteiger partial charge on any atom is 0.455 e. The van der Waals surface area contributed by atoms with E-state index < -0.39 is 47.7 Å². The number of phenols is 1. The molecule has 208 valence electrons. The van der Waals surface area contributed by atoms with E-state index in [2.05, 4.69) is 0 Å². The Morgan fingerprint density at radius 3 is 2.65 bits per heavy atom. The molecule has 2 heterocycles. The molecule has 2 amide bonds. The third kappa shape index (κ3) is 5.32. The fourth-order valence-corrected chi connectivity index (χ4v) is 6.36. The molecule has 40 heavy (non-hydrogen) atoms. The van der Waals surface area contributed by atoms with Gasteiger partial charge in [0.25, 0.3) is 5.69 Å². The second-order valence-electron chi connectivity index (χ2n) is 10.7. The van der Waals surface area contributed by atoms with Crippen LogP contribution in [0.5, 0.6) is 5.75 Å². The molecule has 0 radical (unpaired) electrons. The lowest BCUT2D eigenvalue weighted by Gasteiger charge is -2.43. The van der Waals surface area contributed by atoms with E-state index >= 15 is 0 Å². The summed E-state index contributed by atoms with van der Waals surface area (Å²) < 4.78 is 11.5. The molecule has 2 aliphatic heterocycles. The summed E-state index contributed by atoms with van der Waals surface area (Å²) in [6.07, 6.45) is 3.27. The standard InChI is InChI=1S/C29H31BN2O8/c1-17(12-18-7-9-22(33)10-8-18)6-11-25-26-19(16-39-2)13-23-27(24(26)15-30(36)40-25)29(35)31(28(23)34)20-4-3-5-21(14-20)32(37)38/h3-5,7-10,12,14,23-25,27,33,36H,6,11,13,15-16H2,1-2H3/b17-12+/t23-,24+,25-,27-/m1/s1. The molecule has 2 aromatic carbocycles. The van der Waals surface area contributed by atoms with E-state index in [0.717, 1.165) is 27.2 Å². The van der Waals surface area contributed by atoms with Crippen LogP contribution < -0.4 is 4.90 Å². The van der Waals surface area contributed by atoms with Crippen LogP contribution in [0.15, 0.2) is 65.3 Å². The SMILES string of the molecule is COCC1=C2[C@@H](CC/C(C)=C/c3ccc(O)cc3)OB(O)C[C@@H]2[C@@H]2C(=O)N(c3cccc([N+](=O)[O-])c3)C(=O)[C@@H]2C1. The number of nitrogens with zero attached hydrogens (tertiary/aromatic N) is 2. The molecule has 0 bridgehead atoms. The molecule has 0 unspecified atom stereocenters. The molecule has 4 atom stereocenters. The summed E-state index contributed by atoms with van der Waals surface area (Å²) in [5.74, 6) is -2.37. The van der Waals surface area contributed by atoms with Gasteiger partial charge in [-0.1, -0.05) is 29.8 Å². The maximum absolute atomic E-state index is 13.8. The molecule has 10 nitrogen and oxygen atoms in total. The number of rotatable bonds is 8. The van der Waals surface area contributed by atoms with Crippen molar-refractivity contribution in [3.8, 4) is 5.75 Å². The van der Waals surface area contributed by atoms with Gasteiger partial charge in [0.1, 0.15) is 5.75 Å². The van der Waals surface area contributed by atoms with Crippen molar-refractivity contribution in [2.75, 3.05) is 18.6 Å². The first-order valence-electron chi connectivity index (χ1n) is 13.3. The number of phenolic OH excluding ortho intramolecular Hbond substituents is 1. The molecule has 5 rings (SSSR count). The van der Waals surface area contributed by atoms with Crippen LogP contribution in [-0.4, -0.2) is 53.8 Å². The Kier molecular flexibility index (Phi) is 7.89. The summed E-state index contributed by atoms with van der Waals surface area (Å²) in [6, 6.07) is 12.4. The first-order valence-corrected chi connectivity index (χ1v) is 13.3. The highest BCUT2D eigenvalue weighted by Gasteiger charge is 2.57. The third-order valence-corrected chi connectivity index (χ3v) is 8.03. The van der Waals surface area contributed by atoms with Crippen molar-refractivity contribution in [3.05, 3.63) is 80.9 Å². The summed E-state index contributed by atoms with van der Waals surface area (Å²) >= 11 is 0. The lowest BCUT2D eigenvalue weighted by molar-refractivity contribution is -0.384. The Morgan fingerprint density at radius 1 is 1.20 bits per heavy atom. The van der Waals surface area contributed by atoms with Crippen LogP contribution >= 0.6 is 0 Å². The molecule has 2 N–H and O–H groups in total. The number of nitro benzene ring substituents is 1. The van der Waals surface area contributed by atoms with E-state index in [9.17, 15) is 29.8 Å². The van der Waals surface area contributed by atoms with Gasteiger partial charge in [-0.15, -0.1) is 0 Å². The summed E-state index contributed by atoms with van der Waals surface area (Å²) in [4.78, 5) is 39.2. The van der Waals surface area contributed by atoms with Gasteiger partial charge in [0.15, 0.2) is 0 Å². The van der Waals surface area contributed by atoms with Crippen LogP contribution in [-0.2, 0) is 19.0 Å². The van der Waals surface area contributed by atoms with Crippen molar-refractivity contribution < 1.29 is 34.0 Å². The van der Waals surface area contributed by atoms with Crippen molar-refractivity contribution in [1.82, 2.24) is 0 Å². The number of hydrogen-bond donors (Lipinski definition) is 2. The van der Waals surface area contributed by atoms with E-state index in [1.165, 1.54) is 24.3 Å². The van der Waals surface area contributed by atoms with Crippen LogP contribution in [0, 0.1) is 27.9 Å². The number of amides is 2. The van der Waals surface area contributed by atoms with Crippen LogP contribution in [0.25, 0.3) is 6.08 Å². The number of benzene rings is 2. The van der Waals surface area contributed by atoms with Crippen LogP contribution in [0.1, 0.15) is 31.7 Å². The Hall–Kier alpha value is -3.80. The average Bonchev–Trinajstić information content (AvgIpc) is 3.18. The smallest absolute Gasteiger partial charge is 0.455 e. The molecule has 0 spiro atoms. The average molecular weight is 546 g/mol. The van der Waals surface area contributed by atoms with Gasteiger partial charge in [-0.2, -0.15) is 0 Å². The second-order valence-corrected chi connectivity index (χ2v) is 10.7.